The van der Waals surface area contributed by atoms with Gasteiger partial charge in [0.05, 0.1) is 11.3 Å². The van der Waals surface area contributed by atoms with Crippen LogP contribution in [0.3, 0.4) is 0 Å². The zero-order valence-corrected chi connectivity index (χ0v) is 13.4. The van der Waals surface area contributed by atoms with Gasteiger partial charge in [0.1, 0.15) is 11.4 Å². The number of hydrogen-bond acceptors (Lipinski definition) is 2. The molecule has 1 aromatic carbocycles. The summed E-state index contributed by atoms with van der Waals surface area (Å²) >= 11 is 0. The number of hydrogen-bond donors (Lipinski definition) is 2. The number of aromatic amines is 1. The zero-order valence-electron chi connectivity index (χ0n) is 13.4. The van der Waals surface area contributed by atoms with Crippen molar-refractivity contribution in [1.82, 2.24) is 9.97 Å². The highest BCUT2D eigenvalue weighted by Crippen LogP contribution is 2.32. The van der Waals surface area contributed by atoms with Crippen molar-refractivity contribution in [1.29, 1.82) is 0 Å². The van der Waals surface area contributed by atoms with Gasteiger partial charge < -0.3 is 10.7 Å². The molecule has 2 heterocycles. The molecule has 0 atom stereocenters. The van der Waals surface area contributed by atoms with Gasteiger partial charge in [-0.1, -0.05) is 6.07 Å². The fraction of sp³-hybridized carbons (Fsp3) is 0.176. The topological polar surface area (TPSA) is 71.8 Å². The third-order valence-electron chi connectivity index (χ3n) is 3.89. The van der Waals surface area contributed by atoms with Crippen LogP contribution in [0.25, 0.3) is 10.9 Å². The Kier molecular flexibility index (Phi) is 4.37. The number of pyridine rings is 1. The van der Waals surface area contributed by atoms with Gasteiger partial charge in [-0.3, -0.25) is 4.79 Å². The molecule has 2 aromatic heterocycles. The Bertz CT molecular complexity index is 1020. The molecule has 3 rings (SSSR count). The molecule has 1 amide bonds. The highest BCUT2D eigenvalue weighted by Gasteiger charge is 2.34. The lowest BCUT2D eigenvalue weighted by Crippen LogP contribution is -2.18. The number of aromatic nitrogens is 2. The summed E-state index contributed by atoms with van der Waals surface area (Å²) in [5.74, 6) is -0.951. The van der Waals surface area contributed by atoms with Crippen LogP contribution in [0.1, 0.15) is 33.0 Å². The molecule has 0 radical (unpaired) electrons. The Morgan fingerprint density at radius 3 is 2.30 bits per heavy atom. The van der Waals surface area contributed by atoms with E-state index in [0.717, 1.165) is 12.1 Å². The van der Waals surface area contributed by atoms with Crippen molar-refractivity contribution >= 4 is 16.8 Å². The van der Waals surface area contributed by atoms with Crippen LogP contribution in [0.15, 0.2) is 36.4 Å². The predicted octanol–water partition coefficient (Wildman–Crippen LogP) is 4.29. The first-order valence-electron chi connectivity index (χ1n) is 7.51. The van der Waals surface area contributed by atoms with Crippen molar-refractivity contribution in [3.05, 3.63) is 64.6 Å². The Morgan fingerprint density at radius 1 is 1.00 bits per heavy atom. The number of primary amides is 1. The molecule has 0 aliphatic heterocycles. The molecule has 3 aromatic rings. The molecule has 0 spiro atoms. The maximum absolute atomic E-state index is 12.9. The maximum atomic E-state index is 12.9. The van der Waals surface area contributed by atoms with Crippen molar-refractivity contribution in [3.63, 3.8) is 0 Å². The van der Waals surface area contributed by atoms with Crippen LogP contribution in [0.5, 0.6) is 0 Å². The summed E-state index contributed by atoms with van der Waals surface area (Å²) in [6.07, 6.45) is -9.47. The van der Waals surface area contributed by atoms with Gasteiger partial charge in [-0.25, -0.2) is 4.98 Å². The smallest absolute Gasteiger partial charge is 0.366 e. The van der Waals surface area contributed by atoms with E-state index in [1.54, 1.807) is 0 Å². The van der Waals surface area contributed by atoms with Crippen molar-refractivity contribution in [2.24, 2.45) is 5.73 Å². The minimum atomic E-state index is -4.71. The Hall–Kier alpha value is -3.04. The molecule has 0 aliphatic rings. The second-order valence-corrected chi connectivity index (χ2v) is 5.83. The van der Waals surface area contributed by atoms with E-state index in [1.807, 2.05) is 0 Å². The molecule has 0 saturated heterocycles. The first kappa shape index (κ1) is 18.7. The van der Waals surface area contributed by atoms with Gasteiger partial charge in [0.2, 0.25) is 0 Å². The number of halogens is 6. The minimum absolute atomic E-state index is 0.187. The van der Waals surface area contributed by atoms with E-state index in [9.17, 15) is 31.1 Å². The van der Waals surface area contributed by atoms with Crippen molar-refractivity contribution in [2.75, 3.05) is 0 Å². The third kappa shape index (κ3) is 3.88. The maximum Gasteiger partial charge on any atom is 0.433 e. The van der Waals surface area contributed by atoms with Crippen LogP contribution < -0.4 is 5.73 Å². The molecule has 0 fully saturated rings. The lowest BCUT2D eigenvalue weighted by molar-refractivity contribution is -0.141. The summed E-state index contributed by atoms with van der Waals surface area (Å²) in [6, 6.07) is 6.67. The second kappa shape index (κ2) is 6.29. The van der Waals surface area contributed by atoms with E-state index in [1.165, 1.54) is 18.2 Å². The largest absolute Gasteiger partial charge is 0.433 e. The van der Waals surface area contributed by atoms with Crippen LogP contribution >= 0.6 is 0 Å². The van der Waals surface area contributed by atoms with E-state index in [0.29, 0.717) is 11.6 Å². The molecule has 0 unspecified atom stereocenters. The monoisotopic (exact) mass is 387 g/mol. The number of fused-ring (bicyclic) bond motifs is 1. The first-order chi connectivity index (χ1) is 12.4. The standard InChI is InChI=1S/C17H11F6N3O/c18-16(19,20)13-4-2-10(15(24)27)12(26-13)6-8-1-3-11-9(5-8)7-14(25-11)17(21,22)23/h1-5,7,25H,6H2,(H2,24,27). The Morgan fingerprint density at radius 2 is 1.70 bits per heavy atom. The molecular weight excluding hydrogens is 376 g/mol. The predicted molar refractivity (Wildman–Crippen MR) is 83.9 cm³/mol. The van der Waals surface area contributed by atoms with Crippen molar-refractivity contribution < 1.29 is 31.1 Å². The number of rotatable bonds is 3. The highest BCUT2D eigenvalue weighted by atomic mass is 19.4. The van der Waals surface area contributed by atoms with E-state index in [-0.39, 0.29) is 28.6 Å². The van der Waals surface area contributed by atoms with E-state index in [2.05, 4.69) is 9.97 Å². The lowest BCUT2D eigenvalue weighted by Gasteiger charge is -2.11. The highest BCUT2D eigenvalue weighted by molar-refractivity contribution is 5.94. The average molecular weight is 387 g/mol. The van der Waals surface area contributed by atoms with Crippen LogP contribution in [0.2, 0.25) is 0 Å². The van der Waals surface area contributed by atoms with Crippen LogP contribution in [-0.2, 0) is 18.8 Å². The minimum Gasteiger partial charge on any atom is -0.366 e. The van der Waals surface area contributed by atoms with Crippen LogP contribution in [0.4, 0.5) is 26.3 Å². The molecule has 0 aliphatic carbocycles. The summed E-state index contributed by atoms with van der Waals surface area (Å²) in [7, 11) is 0. The van der Waals surface area contributed by atoms with E-state index < -0.39 is 29.6 Å². The van der Waals surface area contributed by atoms with Gasteiger partial charge in [0.15, 0.2) is 0 Å². The number of carbonyl (C=O) groups excluding carboxylic acids is 1. The Labute approximate surface area is 148 Å². The number of amides is 1. The lowest BCUT2D eigenvalue weighted by atomic mass is 10.0. The number of nitrogens with zero attached hydrogens (tertiary/aromatic N) is 1. The second-order valence-electron chi connectivity index (χ2n) is 5.83. The summed E-state index contributed by atoms with van der Waals surface area (Å²) in [6.45, 7) is 0. The summed E-state index contributed by atoms with van der Waals surface area (Å²) in [5, 5.41) is 0.229. The zero-order chi connectivity index (χ0) is 20.0. The summed E-state index contributed by atoms with van der Waals surface area (Å²) in [5.41, 5.74) is 3.26. The van der Waals surface area contributed by atoms with Gasteiger partial charge in [0, 0.05) is 17.3 Å². The Balaban J connectivity index is 2.02. The number of benzene rings is 1. The molecule has 10 heteroatoms. The van der Waals surface area contributed by atoms with Gasteiger partial charge in [-0.05, 0) is 35.9 Å². The molecule has 0 bridgehead atoms. The molecule has 27 heavy (non-hydrogen) atoms. The SMILES string of the molecule is NC(=O)c1ccc(C(F)(F)F)nc1Cc1ccc2[nH]c(C(F)(F)F)cc2c1. The van der Waals surface area contributed by atoms with E-state index in [4.69, 9.17) is 5.73 Å². The summed E-state index contributed by atoms with van der Waals surface area (Å²) in [4.78, 5) is 17.2. The number of H-pyrrole nitrogens is 1. The third-order valence-corrected chi connectivity index (χ3v) is 3.89. The van der Waals surface area contributed by atoms with Crippen molar-refractivity contribution in [3.8, 4) is 0 Å². The van der Waals surface area contributed by atoms with Gasteiger partial charge >= 0.3 is 12.4 Å². The van der Waals surface area contributed by atoms with Crippen molar-refractivity contribution in [2.45, 2.75) is 18.8 Å². The van der Waals surface area contributed by atoms with Gasteiger partial charge in [-0.15, -0.1) is 0 Å². The van der Waals surface area contributed by atoms with Crippen LogP contribution in [-0.4, -0.2) is 15.9 Å². The molecule has 142 valence electrons. The fourth-order valence-electron chi connectivity index (χ4n) is 2.66. The van der Waals surface area contributed by atoms with Gasteiger partial charge in [0.25, 0.3) is 5.91 Å². The normalized spacial score (nSPS) is 12.5. The number of nitrogens with two attached hydrogens (primary N) is 1. The fourth-order valence-corrected chi connectivity index (χ4v) is 2.66. The molecular formula is C17H11F6N3O. The van der Waals surface area contributed by atoms with Crippen LogP contribution in [0, 0.1) is 0 Å². The first-order valence-corrected chi connectivity index (χ1v) is 7.51. The molecule has 0 saturated carbocycles. The summed E-state index contributed by atoms with van der Waals surface area (Å²) < 4.78 is 76.9. The number of carbonyl (C=O) groups is 1. The number of nitrogens with one attached hydrogen (secondary N) is 1. The average Bonchev–Trinajstić information content (AvgIpc) is 2.97. The van der Waals surface area contributed by atoms with E-state index >= 15 is 0 Å². The molecule has 3 N–H and O–H groups in total. The van der Waals surface area contributed by atoms with Gasteiger partial charge in [-0.2, -0.15) is 26.3 Å². The number of alkyl halides is 6. The quantitative estimate of drug-likeness (QED) is 0.658. The molecule has 4 nitrogen and oxygen atoms in total.